The van der Waals surface area contributed by atoms with Gasteiger partial charge in [-0.15, -0.1) is 0 Å². The fourth-order valence-electron chi connectivity index (χ4n) is 4.82. The Hall–Kier alpha value is -2.40. The lowest BCUT2D eigenvalue weighted by Crippen LogP contribution is -2.31. The Morgan fingerprint density at radius 2 is 2.04 bits per heavy atom. The van der Waals surface area contributed by atoms with Crippen LogP contribution in [0.2, 0.25) is 0 Å². The van der Waals surface area contributed by atoms with Crippen LogP contribution >= 0.6 is 0 Å². The summed E-state index contributed by atoms with van der Waals surface area (Å²) in [5.74, 6) is 0.908. The van der Waals surface area contributed by atoms with Gasteiger partial charge < -0.3 is 9.30 Å². The molecular formula is C22H26N4O. The van der Waals surface area contributed by atoms with Crippen molar-refractivity contribution in [2.75, 3.05) is 20.2 Å². The summed E-state index contributed by atoms with van der Waals surface area (Å²) in [6.45, 7) is 5.38. The Balaban J connectivity index is 1.53. The predicted molar refractivity (Wildman–Crippen MR) is 106 cm³/mol. The molecule has 1 saturated heterocycles. The number of aromatic nitrogens is 3. The molecular weight excluding hydrogens is 336 g/mol. The molecule has 4 heterocycles. The summed E-state index contributed by atoms with van der Waals surface area (Å²) in [4.78, 5) is 12.4. The first-order valence-electron chi connectivity index (χ1n) is 9.96. The van der Waals surface area contributed by atoms with E-state index >= 15 is 0 Å². The maximum atomic E-state index is 5.27. The van der Waals surface area contributed by atoms with E-state index in [4.69, 9.17) is 14.7 Å². The highest BCUT2D eigenvalue weighted by Crippen LogP contribution is 2.42. The van der Waals surface area contributed by atoms with Gasteiger partial charge in [0.2, 0.25) is 0 Å². The zero-order chi connectivity index (χ0) is 18.4. The molecule has 5 rings (SSSR count). The molecule has 5 heteroatoms. The number of fused-ring (bicyclic) bond motifs is 5. The number of ether oxygens (including phenoxy) is 1. The normalized spacial score (nSPS) is 19.3. The topological polar surface area (TPSA) is 43.2 Å². The van der Waals surface area contributed by atoms with Gasteiger partial charge in [-0.25, -0.2) is 9.97 Å². The quantitative estimate of drug-likeness (QED) is 0.710. The molecule has 1 fully saturated rings. The summed E-state index contributed by atoms with van der Waals surface area (Å²) in [7, 11) is 1.71. The van der Waals surface area contributed by atoms with Crippen LogP contribution in [0.15, 0.2) is 30.5 Å². The molecule has 27 heavy (non-hydrogen) atoms. The number of benzene rings is 1. The third-order valence-electron chi connectivity index (χ3n) is 6.14. The van der Waals surface area contributed by atoms with Crippen LogP contribution in [0.4, 0.5) is 0 Å². The molecule has 2 aliphatic rings. The van der Waals surface area contributed by atoms with Crippen LogP contribution < -0.4 is 4.74 Å². The van der Waals surface area contributed by atoms with E-state index in [1.165, 1.54) is 36.2 Å². The maximum absolute atomic E-state index is 5.27. The molecule has 2 aliphatic heterocycles. The van der Waals surface area contributed by atoms with Gasteiger partial charge in [-0.3, -0.25) is 4.90 Å². The molecule has 0 spiro atoms. The van der Waals surface area contributed by atoms with E-state index in [0.717, 1.165) is 48.5 Å². The van der Waals surface area contributed by atoms with Crippen molar-refractivity contribution in [1.82, 2.24) is 19.4 Å². The highest BCUT2D eigenvalue weighted by molar-refractivity contribution is 5.79. The van der Waals surface area contributed by atoms with E-state index in [-0.39, 0.29) is 0 Å². The molecule has 1 aromatic carbocycles. The van der Waals surface area contributed by atoms with Gasteiger partial charge in [-0.2, -0.15) is 0 Å². The number of nitrogens with zero attached hydrogens (tertiary/aromatic N) is 4. The van der Waals surface area contributed by atoms with Crippen LogP contribution in [-0.4, -0.2) is 39.6 Å². The highest BCUT2D eigenvalue weighted by atomic mass is 16.5. The molecule has 1 unspecified atom stereocenters. The van der Waals surface area contributed by atoms with E-state index in [1.54, 1.807) is 7.11 Å². The second-order valence-corrected chi connectivity index (χ2v) is 7.74. The van der Waals surface area contributed by atoms with Crippen molar-refractivity contribution in [3.63, 3.8) is 0 Å². The lowest BCUT2D eigenvalue weighted by atomic mass is 9.98. The van der Waals surface area contributed by atoms with E-state index < -0.39 is 0 Å². The monoisotopic (exact) mass is 362 g/mol. The Bertz CT molecular complexity index is 976. The first kappa shape index (κ1) is 16.8. The average molecular weight is 362 g/mol. The summed E-state index contributed by atoms with van der Waals surface area (Å²) >= 11 is 0. The number of hydrogen-bond donors (Lipinski definition) is 0. The first-order valence-corrected chi connectivity index (χ1v) is 9.96. The van der Waals surface area contributed by atoms with Gasteiger partial charge in [0, 0.05) is 36.8 Å². The SMILES string of the molecule is COc1ccc(CCn2c3c(c4nc(C)cnc42)C2CCCN2CC3)cc1. The Labute approximate surface area is 160 Å². The molecule has 5 nitrogen and oxygen atoms in total. The van der Waals surface area contributed by atoms with Gasteiger partial charge in [0.1, 0.15) is 11.3 Å². The van der Waals surface area contributed by atoms with Gasteiger partial charge in [0.25, 0.3) is 0 Å². The Morgan fingerprint density at radius 3 is 2.85 bits per heavy atom. The van der Waals surface area contributed by atoms with Crippen molar-refractivity contribution < 1.29 is 4.74 Å². The molecule has 0 bridgehead atoms. The van der Waals surface area contributed by atoms with Gasteiger partial charge in [-0.05, 0) is 50.4 Å². The van der Waals surface area contributed by atoms with Crippen LogP contribution in [0.25, 0.3) is 11.2 Å². The minimum absolute atomic E-state index is 0.537. The predicted octanol–water partition coefficient (Wildman–Crippen LogP) is 3.68. The number of aryl methyl sites for hydroxylation is 3. The molecule has 2 aromatic heterocycles. The molecule has 0 aliphatic carbocycles. The lowest BCUT2D eigenvalue weighted by Gasteiger charge is -2.30. The Kier molecular flexibility index (Phi) is 4.12. The first-order chi connectivity index (χ1) is 13.2. The summed E-state index contributed by atoms with van der Waals surface area (Å²) < 4.78 is 7.72. The number of hydrogen-bond acceptors (Lipinski definition) is 4. The molecule has 0 N–H and O–H groups in total. The second-order valence-electron chi connectivity index (χ2n) is 7.74. The lowest BCUT2D eigenvalue weighted by molar-refractivity contribution is 0.241. The molecule has 0 radical (unpaired) electrons. The van der Waals surface area contributed by atoms with E-state index in [1.807, 2.05) is 25.3 Å². The van der Waals surface area contributed by atoms with Crippen LogP contribution in [0.5, 0.6) is 5.75 Å². The smallest absolute Gasteiger partial charge is 0.159 e. The zero-order valence-corrected chi connectivity index (χ0v) is 16.1. The summed E-state index contributed by atoms with van der Waals surface area (Å²) in [5, 5.41) is 0. The molecule has 0 saturated carbocycles. The van der Waals surface area contributed by atoms with Crippen molar-refractivity contribution in [3.05, 3.63) is 53.0 Å². The zero-order valence-electron chi connectivity index (χ0n) is 16.1. The fraction of sp³-hybridized carbons (Fsp3) is 0.455. The van der Waals surface area contributed by atoms with Crippen LogP contribution in [0.1, 0.15) is 41.4 Å². The van der Waals surface area contributed by atoms with Crippen molar-refractivity contribution in [1.29, 1.82) is 0 Å². The van der Waals surface area contributed by atoms with Crippen LogP contribution in [0.3, 0.4) is 0 Å². The highest BCUT2D eigenvalue weighted by Gasteiger charge is 2.36. The molecule has 140 valence electrons. The number of methoxy groups -OCH3 is 1. The van der Waals surface area contributed by atoms with Gasteiger partial charge in [0.05, 0.1) is 19.0 Å². The van der Waals surface area contributed by atoms with E-state index in [2.05, 4.69) is 21.6 Å². The third kappa shape index (κ3) is 2.81. The van der Waals surface area contributed by atoms with Gasteiger partial charge >= 0.3 is 0 Å². The van der Waals surface area contributed by atoms with Gasteiger partial charge in [-0.1, -0.05) is 12.1 Å². The minimum atomic E-state index is 0.537. The molecule has 3 aromatic rings. The average Bonchev–Trinajstić information content (AvgIpc) is 3.28. The largest absolute Gasteiger partial charge is 0.497 e. The Morgan fingerprint density at radius 1 is 1.19 bits per heavy atom. The number of rotatable bonds is 4. The third-order valence-corrected chi connectivity index (χ3v) is 6.14. The molecule has 1 atom stereocenters. The minimum Gasteiger partial charge on any atom is -0.497 e. The fourth-order valence-corrected chi connectivity index (χ4v) is 4.82. The van der Waals surface area contributed by atoms with Crippen LogP contribution in [-0.2, 0) is 19.4 Å². The van der Waals surface area contributed by atoms with Crippen LogP contribution in [0, 0.1) is 6.92 Å². The van der Waals surface area contributed by atoms with Crippen molar-refractivity contribution in [3.8, 4) is 5.75 Å². The standard InChI is InChI=1S/C22H26N4O/c1-15-14-23-22-21(24-15)20-18-4-3-11-25(18)12-10-19(20)26(22)13-9-16-5-7-17(27-2)8-6-16/h5-8,14,18H,3-4,9-13H2,1-2H3. The summed E-state index contributed by atoms with van der Waals surface area (Å²) in [6, 6.07) is 8.93. The van der Waals surface area contributed by atoms with Crippen molar-refractivity contribution in [2.24, 2.45) is 0 Å². The molecule has 0 amide bonds. The maximum Gasteiger partial charge on any atom is 0.159 e. The van der Waals surface area contributed by atoms with Gasteiger partial charge in [0.15, 0.2) is 5.65 Å². The summed E-state index contributed by atoms with van der Waals surface area (Å²) in [6.07, 6.45) is 6.54. The van der Waals surface area contributed by atoms with Crippen molar-refractivity contribution in [2.45, 2.75) is 45.2 Å². The van der Waals surface area contributed by atoms with E-state index in [0.29, 0.717) is 6.04 Å². The van der Waals surface area contributed by atoms with Crippen molar-refractivity contribution >= 4 is 11.2 Å². The summed E-state index contributed by atoms with van der Waals surface area (Å²) in [5.41, 5.74) is 7.45. The van der Waals surface area contributed by atoms with E-state index in [9.17, 15) is 0 Å². The second kappa shape index (κ2) is 6.64.